The molecule has 2 N–H and O–H groups in total. The number of nitrogens with zero attached hydrogens (tertiary/aromatic N) is 1. The van der Waals surface area contributed by atoms with Gasteiger partial charge in [0.15, 0.2) is 0 Å². The Morgan fingerprint density at radius 3 is 2.43 bits per heavy atom. The first kappa shape index (κ1) is 14.5. The van der Waals surface area contributed by atoms with Crippen LogP contribution in [0.5, 0.6) is 0 Å². The molecule has 2 heterocycles. The van der Waals surface area contributed by atoms with Crippen LogP contribution in [0.1, 0.15) is 25.3 Å². The highest BCUT2D eigenvalue weighted by molar-refractivity contribution is 5.92. The van der Waals surface area contributed by atoms with Crippen molar-refractivity contribution in [2.24, 2.45) is 11.8 Å². The molecule has 1 aromatic rings. The Morgan fingerprint density at radius 1 is 1.24 bits per heavy atom. The van der Waals surface area contributed by atoms with Gasteiger partial charge in [0.05, 0.1) is 6.54 Å². The van der Waals surface area contributed by atoms with Gasteiger partial charge < -0.3 is 10.6 Å². The van der Waals surface area contributed by atoms with Crippen molar-refractivity contribution in [2.75, 3.05) is 38.0 Å². The van der Waals surface area contributed by atoms with Crippen molar-refractivity contribution in [2.45, 2.75) is 19.8 Å². The van der Waals surface area contributed by atoms with E-state index in [9.17, 15) is 4.79 Å². The number of hydrogen-bond donors (Lipinski definition) is 2. The molecule has 2 aliphatic rings. The zero-order valence-corrected chi connectivity index (χ0v) is 12.9. The standard InChI is InChI=1S/C17H25N3O/c1-12(2)13-3-5-16(6-4-13)19-17(21)11-20-9-14-7-18-8-15(14)10-20/h3-6,12,14-15,18H,7-11H2,1-2H3,(H,19,21)/t14-,15+. The lowest BCUT2D eigenvalue weighted by atomic mass is 10.0. The first-order valence-electron chi connectivity index (χ1n) is 7.94. The lowest BCUT2D eigenvalue weighted by Crippen LogP contribution is -2.33. The van der Waals surface area contributed by atoms with Crippen LogP contribution in [0.2, 0.25) is 0 Å². The van der Waals surface area contributed by atoms with Crippen molar-refractivity contribution in [3.8, 4) is 0 Å². The normalized spacial score (nSPS) is 25.3. The average Bonchev–Trinajstić information content (AvgIpc) is 3.00. The van der Waals surface area contributed by atoms with Gasteiger partial charge in [-0.25, -0.2) is 0 Å². The van der Waals surface area contributed by atoms with Crippen LogP contribution in [0.3, 0.4) is 0 Å². The fourth-order valence-electron chi connectivity index (χ4n) is 3.44. The summed E-state index contributed by atoms with van der Waals surface area (Å²) in [6, 6.07) is 8.17. The summed E-state index contributed by atoms with van der Waals surface area (Å²) in [6.45, 7) is 9.19. The van der Waals surface area contributed by atoms with Gasteiger partial charge in [0.25, 0.3) is 0 Å². The van der Waals surface area contributed by atoms with E-state index in [1.807, 2.05) is 12.1 Å². The molecular weight excluding hydrogens is 262 g/mol. The van der Waals surface area contributed by atoms with Crippen LogP contribution in [-0.2, 0) is 4.79 Å². The van der Waals surface area contributed by atoms with Crippen molar-refractivity contribution in [3.63, 3.8) is 0 Å². The number of carbonyl (C=O) groups is 1. The molecule has 0 aromatic heterocycles. The predicted molar refractivity (Wildman–Crippen MR) is 85.5 cm³/mol. The van der Waals surface area contributed by atoms with Crippen LogP contribution in [-0.4, -0.2) is 43.5 Å². The summed E-state index contributed by atoms with van der Waals surface area (Å²) >= 11 is 0. The van der Waals surface area contributed by atoms with E-state index >= 15 is 0 Å². The lowest BCUT2D eigenvalue weighted by Gasteiger charge is -2.16. The summed E-state index contributed by atoms with van der Waals surface area (Å²) in [4.78, 5) is 14.4. The minimum Gasteiger partial charge on any atom is -0.325 e. The summed E-state index contributed by atoms with van der Waals surface area (Å²) in [5.41, 5.74) is 2.19. The molecule has 0 aliphatic carbocycles. The summed E-state index contributed by atoms with van der Waals surface area (Å²) in [5.74, 6) is 2.10. The minimum atomic E-state index is 0.0974. The number of benzene rings is 1. The molecular formula is C17H25N3O. The first-order valence-corrected chi connectivity index (χ1v) is 7.94. The number of anilines is 1. The third-order valence-corrected chi connectivity index (χ3v) is 4.69. The lowest BCUT2D eigenvalue weighted by molar-refractivity contribution is -0.117. The smallest absolute Gasteiger partial charge is 0.238 e. The Kier molecular flexibility index (Phi) is 4.27. The second kappa shape index (κ2) is 6.16. The molecule has 0 bridgehead atoms. The van der Waals surface area contributed by atoms with E-state index in [1.54, 1.807) is 0 Å². The van der Waals surface area contributed by atoms with Crippen molar-refractivity contribution < 1.29 is 4.79 Å². The molecule has 2 fully saturated rings. The third-order valence-electron chi connectivity index (χ3n) is 4.69. The number of amides is 1. The average molecular weight is 287 g/mol. The quantitative estimate of drug-likeness (QED) is 0.889. The number of likely N-dealkylation sites (tertiary alicyclic amines) is 1. The topological polar surface area (TPSA) is 44.4 Å². The fourth-order valence-corrected chi connectivity index (χ4v) is 3.44. The number of carbonyl (C=O) groups excluding carboxylic acids is 1. The summed E-state index contributed by atoms with van der Waals surface area (Å²) in [6.07, 6.45) is 0. The maximum absolute atomic E-state index is 12.1. The maximum Gasteiger partial charge on any atom is 0.238 e. The number of hydrogen-bond acceptors (Lipinski definition) is 3. The summed E-state index contributed by atoms with van der Waals surface area (Å²) in [5, 5.41) is 6.43. The van der Waals surface area contributed by atoms with E-state index in [4.69, 9.17) is 0 Å². The van der Waals surface area contributed by atoms with E-state index in [0.717, 1.165) is 43.7 Å². The molecule has 3 rings (SSSR count). The van der Waals surface area contributed by atoms with Gasteiger partial charge in [0.1, 0.15) is 0 Å². The Labute approximate surface area is 126 Å². The van der Waals surface area contributed by atoms with E-state index in [0.29, 0.717) is 12.5 Å². The number of nitrogens with one attached hydrogen (secondary N) is 2. The van der Waals surface area contributed by atoms with E-state index in [1.165, 1.54) is 5.56 Å². The fraction of sp³-hybridized carbons (Fsp3) is 0.588. The molecule has 2 atom stereocenters. The monoisotopic (exact) mass is 287 g/mol. The second-order valence-electron chi connectivity index (χ2n) is 6.70. The number of rotatable bonds is 4. The van der Waals surface area contributed by atoms with Gasteiger partial charge in [-0.15, -0.1) is 0 Å². The summed E-state index contributed by atoms with van der Waals surface area (Å²) in [7, 11) is 0. The van der Waals surface area contributed by atoms with Gasteiger partial charge in [-0.05, 0) is 48.5 Å². The highest BCUT2D eigenvalue weighted by atomic mass is 16.2. The van der Waals surface area contributed by atoms with Crippen LogP contribution >= 0.6 is 0 Å². The van der Waals surface area contributed by atoms with Gasteiger partial charge in [-0.1, -0.05) is 26.0 Å². The molecule has 0 radical (unpaired) electrons. The highest BCUT2D eigenvalue weighted by Crippen LogP contribution is 2.26. The van der Waals surface area contributed by atoms with Gasteiger partial charge in [-0.2, -0.15) is 0 Å². The Balaban J connectivity index is 1.50. The van der Waals surface area contributed by atoms with Crippen molar-refractivity contribution >= 4 is 11.6 Å². The number of fused-ring (bicyclic) bond motifs is 1. The second-order valence-corrected chi connectivity index (χ2v) is 6.70. The van der Waals surface area contributed by atoms with Crippen LogP contribution in [0.25, 0.3) is 0 Å². The van der Waals surface area contributed by atoms with Crippen LogP contribution < -0.4 is 10.6 Å². The zero-order chi connectivity index (χ0) is 14.8. The minimum absolute atomic E-state index is 0.0974. The van der Waals surface area contributed by atoms with Gasteiger partial charge >= 0.3 is 0 Å². The molecule has 2 aliphatic heterocycles. The van der Waals surface area contributed by atoms with E-state index in [2.05, 4.69) is 41.5 Å². The Hall–Kier alpha value is -1.39. The summed E-state index contributed by atoms with van der Waals surface area (Å²) < 4.78 is 0. The predicted octanol–water partition coefficient (Wildman–Crippen LogP) is 1.90. The molecule has 0 saturated carbocycles. The van der Waals surface area contributed by atoms with Crippen LogP contribution in [0.4, 0.5) is 5.69 Å². The third kappa shape index (κ3) is 3.44. The molecule has 1 aromatic carbocycles. The van der Waals surface area contributed by atoms with Gasteiger partial charge in [0.2, 0.25) is 5.91 Å². The van der Waals surface area contributed by atoms with Crippen molar-refractivity contribution in [1.82, 2.24) is 10.2 Å². The van der Waals surface area contributed by atoms with Crippen molar-refractivity contribution in [1.29, 1.82) is 0 Å². The van der Waals surface area contributed by atoms with Crippen molar-refractivity contribution in [3.05, 3.63) is 29.8 Å². The molecule has 4 nitrogen and oxygen atoms in total. The maximum atomic E-state index is 12.1. The molecule has 0 unspecified atom stereocenters. The van der Waals surface area contributed by atoms with E-state index < -0.39 is 0 Å². The Bertz CT molecular complexity index is 485. The molecule has 4 heteroatoms. The van der Waals surface area contributed by atoms with Crippen LogP contribution in [0, 0.1) is 11.8 Å². The SMILES string of the molecule is CC(C)c1ccc(NC(=O)CN2C[C@H]3CNC[C@H]3C2)cc1. The molecule has 1 amide bonds. The molecule has 2 saturated heterocycles. The first-order chi connectivity index (χ1) is 10.1. The molecule has 114 valence electrons. The van der Waals surface area contributed by atoms with Gasteiger partial charge in [0, 0.05) is 18.8 Å². The highest BCUT2D eigenvalue weighted by Gasteiger charge is 2.36. The Morgan fingerprint density at radius 2 is 1.86 bits per heavy atom. The molecule has 21 heavy (non-hydrogen) atoms. The van der Waals surface area contributed by atoms with Gasteiger partial charge in [-0.3, -0.25) is 9.69 Å². The zero-order valence-electron chi connectivity index (χ0n) is 12.9. The van der Waals surface area contributed by atoms with E-state index in [-0.39, 0.29) is 5.91 Å². The largest absolute Gasteiger partial charge is 0.325 e. The molecule has 0 spiro atoms. The van der Waals surface area contributed by atoms with Crippen LogP contribution in [0.15, 0.2) is 24.3 Å².